The van der Waals surface area contributed by atoms with Crippen LogP contribution in [0, 0.1) is 11.8 Å². The van der Waals surface area contributed by atoms with Crippen molar-refractivity contribution in [2.45, 2.75) is 32.8 Å². The number of rotatable bonds is 5. The van der Waals surface area contributed by atoms with Gasteiger partial charge in [0, 0.05) is 20.2 Å². The summed E-state index contributed by atoms with van der Waals surface area (Å²) in [6.07, 6.45) is 2.87. The van der Waals surface area contributed by atoms with Crippen molar-refractivity contribution in [2.75, 3.05) is 33.3 Å². The number of likely N-dealkylation sites (tertiary alicyclic amines) is 1. The molecule has 1 saturated heterocycles. The zero-order valence-corrected chi connectivity index (χ0v) is 10.4. The van der Waals surface area contributed by atoms with Crippen LogP contribution in [-0.4, -0.2) is 44.3 Å². The second-order valence-electron chi connectivity index (χ2n) is 4.98. The summed E-state index contributed by atoms with van der Waals surface area (Å²) in [6, 6.07) is 0. The fraction of sp³-hybridized carbons (Fsp3) is 1.00. The highest BCUT2D eigenvalue weighted by atomic mass is 16.5. The maximum Gasteiger partial charge on any atom is 0.0820 e. The molecule has 0 radical (unpaired) electrons. The molecular weight excluding hydrogens is 188 g/mol. The van der Waals surface area contributed by atoms with Crippen LogP contribution in [0.5, 0.6) is 0 Å². The quantitative estimate of drug-likeness (QED) is 0.750. The fourth-order valence-electron chi connectivity index (χ4n) is 2.34. The summed E-state index contributed by atoms with van der Waals surface area (Å²) < 4.78 is 5.31. The number of piperidine rings is 1. The monoisotopic (exact) mass is 214 g/mol. The highest BCUT2D eigenvalue weighted by molar-refractivity contribution is 4.76. The molecule has 1 aliphatic rings. The minimum Gasteiger partial charge on any atom is -0.379 e. The molecule has 1 heterocycles. The van der Waals surface area contributed by atoms with Gasteiger partial charge in [0.05, 0.1) is 6.10 Å². The zero-order chi connectivity index (χ0) is 11.3. The number of methoxy groups -OCH3 is 1. The first-order valence-electron chi connectivity index (χ1n) is 6.12. The molecule has 3 nitrogen and oxygen atoms in total. The Balaban J connectivity index is 2.25. The summed E-state index contributed by atoms with van der Waals surface area (Å²) in [4.78, 5) is 2.49. The third-order valence-electron chi connectivity index (χ3n) is 3.63. The number of nitrogens with zero attached hydrogens (tertiary/aromatic N) is 1. The molecule has 0 aromatic rings. The van der Waals surface area contributed by atoms with Crippen LogP contribution in [-0.2, 0) is 4.74 Å². The first-order chi connectivity index (χ1) is 7.17. The Morgan fingerprint density at radius 1 is 1.33 bits per heavy atom. The van der Waals surface area contributed by atoms with E-state index in [9.17, 15) is 0 Å². The van der Waals surface area contributed by atoms with Crippen molar-refractivity contribution < 1.29 is 4.74 Å². The molecular formula is C12H26N2O. The molecule has 15 heavy (non-hydrogen) atoms. The first-order valence-corrected chi connectivity index (χ1v) is 6.12. The first kappa shape index (κ1) is 12.9. The van der Waals surface area contributed by atoms with Crippen LogP contribution in [0.25, 0.3) is 0 Å². The van der Waals surface area contributed by atoms with E-state index in [2.05, 4.69) is 18.7 Å². The van der Waals surface area contributed by atoms with E-state index < -0.39 is 0 Å². The second kappa shape index (κ2) is 6.46. The Kier molecular flexibility index (Phi) is 5.58. The number of nitrogens with two attached hydrogens (primary N) is 1. The summed E-state index contributed by atoms with van der Waals surface area (Å²) >= 11 is 0. The lowest BCUT2D eigenvalue weighted by molar-refractivity contribution is 0.0525. The van der Waals surface area contributed by atoms with Gasteiger partial charge < -0.3 is 15.4 Å². The van der Waals surface area contributed by atoms with Gasteiger partial charge in [0.1, 0.15) is 0 Å². The van der Waals surface area contributed by atoms with Crippen LogP contribution < -0.4 is 5.73 Å². The topological polar surface area (TPSA) is 38.5 Å². The standard InChI is InChI=1S/C12H26N2O/c1-10(2)11-4-6-14(7-5-11)9-12(8-13)15-3/h10-12H,4-9,13H2,1-3H3. The van der Waals surface area contributed by atoms with Gasteiger partial charge in [0.25, 0.3) is 0 Å². The van der Waals surface area contributed by atoms with Crippen LogP contribution in [0.1, 0.15) is 26.7 Å². The summed E-state index contributed by atoms with van der Waals surface area (Å²) in [7, 11) is 1.75. The molecule has 0 aromatic carbocycles. The molecule has 3 heteroatoms. The van der Waals surface area contributed by atoms with Gasteiger partial charge >= 0.3 is 0 Å². The Hall–Kier alpha value is -0.120. The van der Waals surface area contributed by atoms with Gasteiger partial charge in [-0.25, -0.2) is 0 Å². The molecule has 1 unspecified atom stereocenters. The zero-order valence-electron chi connectivity index (χ0n) is 10.4. The van der Waals surface area contributed by atoms with E-state index in [0.29, 0.717) is 6.54 Å². The minimum atomic E-state index is 0.209. The number of hydrogen-bond donors (Lipinski definition) is 1. The Morgan fingerprint density at radius 2 is 1.93 bits per heavy atom. The highest BCUT2D eigenvalue weighted by Gasteiger charge is 2.22. The molecule has 1 rings (SSSR count). The van der Waals surface area contributed by atoms with E-state index >= 15 is 0 Å². The largest absolute Gasteiger partial charge is 0.379 e. The summed E-state index contributed by atoms with van der Waals surface area (Å²) in [5, 5.41) is 0. The van der Waals surface area contributed by atoms with Gasteiger partial charge in [-0.2, -0.15) is 0 Å². The van der Waals surface area contributed by atoms with Gasteiger partial charge in [-0.3, -0.25) is 0 Å². The molecule has 0 saturated carbocycles. The molecule has 90 valence electrons. The Morgan fingerprint density at radius 3 is 2.33 bits per heavy atom. The van der Waals surface area contributed by atoms with Crippen molar-refractivity contribution >= 4 is 0 Å². The fourth-order valence-corrected chi connectivity index (χ4v) is 2.34. The molecule has 0 spiro atoms. The predicted molar refractivity (Wildman–Crippen MR) is 63.9 cm³/mol. The van der Waals surface area contributed by atoms with Crippen LogP contribution in [0.4, 0.5) is 0 Å². The van der Waals surface area contributed by atoms with E-state index in [1.807, 2.05) is 0 Å². The van der Waals surface area contributed by atoms with Crippen LogP contribution in [0.3, 0.4) is 0 Å². The maximum absolute atomic E-state index is 5.62. The van der Waals surface area contributed by atoms with Gasteiger partial charge in [-0.1, -0.05) is 13.8 Å². The minimum absolute atomic E-state index is 0.209. The lowest BCUT2D eigenvalue weighted by atomic mass is 9.86. The third-order valence-corrected chi connectivity index (χ3v) is 3.63. The number of ether oxygens (including phenoxy) is 1. The normalized spacial score (nSPS) is 22.2. The molecule has 0 aromatic heterocycles. The molecule has 0 amide bonds. The molecule has 0 aliphatic carbocycles. The van der Waals surface area contributed by atoms with Crippen LogP contribution >= 0.6 is 0 Å². The van der Waals surface area contributed by atoms with Crippen molar-refractivity contribution in [3.63, 3.8) is 0 Å². The van der Waals surface area contributed by atoms with Gasteiger partial charge in [0.2, 0.25) is 0 Å². The average molecular weight is 214 g/mol. The Labute approximate surface area is 94.0 Å². The van der Waals surface area contributed by atoms with Gasteiger partial charge in [-0.15, -0.1) is 0 Å². The van der Waals surface area contributed by atoms with Crippen molar-refractivity contribution in [3.05, 3.63) is 0 Å². The average Bonchev–Trinajstić information content (AvgIpc) is 2.26. The summed E-state index contributed by atoms with van der Waals surface area (Å²) in [5.41, 5.74) is 5.62. The number of hydrogen-bond acceptors (Lipinski definition) is 3. The lowest BCUT2D eigenvalue weighted by Crippen LogP contribution is -2.42. The molecule has 2 N–H and O–H groups in total. The van der Waals surface area contributed by atoms with Crippen molar-refractivity contribution in [3.8, 4) is 0 Å². The Bertz CT molecular complexity index is 161. The van der Waals surface area contributed by atoms with Crippen molar-refractivity contribution in [1.29, 1.82) is 0 Å². The SMILES string of the molecule is COC(CN)CN1CCC(C(C)C)CC1. The van der Waals surface area contributed by atoms with E-state index in [-0.39, 0.29) is 6.10 Å². The third kappa shape index (κ3) is 4.09. The smallest absolute Gasteiger partial charge is 0.0820 e. The lowest BCUT2D eigenvalue weighted by Gasteiger charge is -2.35. The molecule has 1 atom stereocenters. The maximum atomic E-state index is 5.62. The van der Waals surface area contributed by atoms with Crippen molar-refractivity contribution in [2.24, 2.45) is 17.6 Å². The molecule has 1 aliphatic heterocycles. The van der Waals surface area contributed by atoms with E-state index in [1.54, 1.807) is 7.11 Å². The van der Waals surface area contributed by atoms with Crippen LogP contribution in [0.2, 0.25) is 0 Å². The van der Waals surface area contributed by atoms with E-state index in [0.717, 1.165) is 18.4 Å². The molecule has 0 bridgehead atoms. The van der Waals surface area contributed by atoms with Gasteiger partial charge in [-0.05, 0) is 37.8 Å². The summed E-state index contributed by atoms with van der Waals surface area (Å²) in [5.74, 6) is 1.75. The second-order valence-corrected chi connectivity index (χ2v) is 4.98. The van der Waals surface area contributed by atoms with Crippen molar-refractivity contribution in [1.82, 2.24) is 4.90 Å². The van der Waals surface area contributed by atoms with E-state index in [4.69, 9.17) is 10.5 Å². The highest BCUT2D eigenvalue weighted by Crippen LogP contribution is 2.24. The van der Waals surface area contributed by atoms with E-state index in [1.165, 1.54) is 25.9 Å². The van der Waals surface area contributed by atoms with Crippen LogP contribution in [0.15, 0.2) is 0 Å². The van der Waals surface area contributed by atoms with Gasteiger partial charge in [0.15, 0.2) is 0 Å². The predicted octanol–water partition coefficient (Wildman–Crippen LogP) is 1.33. The summed E-state index contributed by atoms with van der Waals surface area (Å²) in [6.45, 7) is 8.71. The molecule has 1 fully saturated rings.